The lowest BCUT2D eigenvalue weighted by molar-refractivity contribution is -0.129. The first-order chi connectivity index (χ1) is 16.4. The van der Waals surface area contributed by atoms with Crippen LogP contribution in [-0.4, -0.2) is 59.3 Å². The molecule has 0 bridgehead atoms. The number of fused-ring (bicyclic) bond motifs is 1. The summed E-state index contributed by atoms with van der Waals surface area (Å²) in [5, 5.41) is 2.93. The molecule has 1 amide bonds. The molecule has 2 heterocycles. The molecule has 0 spiro atoms. The van der Waals surface area contributed by atoms with Crippen LogP contribution in [-0.2, 0) is 14.3 Å². The number of alkyl halides is 2. The van der Waals surface area contributed by atoms with Gasteiger partial charge in [0.2, 0.25) is 5.91 Å². The topological polar surface area (TPSA) is 104 Å². The number of amides is 1. The highest BCUT2D eigenvalue weighted by molar-refractivity contribution is 5.96. The Hall–Kier alpha value is -2.85. The zero-order chi connectivity index (χ0) is 24.1. The van der Waals surface area contributed by atoms with Gasteiger partial charge in [-0.15, -0.1) is 0 Å². The van der Waals surface area contributed by atoms with Crippen LogP contribution in [0.4, 0.5) is 8.78 Å². The van der Waals surface area contributed by atoms with E-state index in [-0.39, 0.29) is 42.4 Å². The second-order valence-corrected chi connectivity index (χ2v) is 8.83. The fourth-order valence-corrected chi connectivity index (χ4v) is 4.39. The number of benzene rings is 1. The number of hydrogen-bond donors (Lipinski definition) is 2. The molecule has 3 N–H and O–H groups in total. The zero-order valence-corrected chi connectivity index (χ0v) is 19.3. The summed E-state index contributed by atoms with van der Waals surface area (Å²) in [6.07, 6.45) is 3.47. The summed E-state index contributed by atoms with van der Waals surface area (Å²) in [4.78, 5) is 20.6. The van der Waals surface area contributed by atoms with Crippen LogP contribution >= 0.6 is 0 Å². The number of aromatic nitrogens is 2. The molecule has 1 aromatic heterocycles. The molecular weight excluding hydrogens is 444 g/mol. The van der Waals surface area contributed by atoms with Crippen LogP contribution in [0.15, 0.2) is 35.3 Å². The van der Waals surface area contributed by atoms with E-state index in [0.29, 0.717) is 36.2 Å². The first-order valence-corrected chi connectivity index (χ1v) is 11.7. The van der Waals surface area contributed by atoms with Gasteiger partial charge in [0, 0.05) is 18.3 Å². The third-order valence-electron chi connectivity index (χ3n) is 6.11. The van der Waals surface area contributed by atoms with Gasteiger partial charge < -0.3 is 20.5 Å². The maximum Gasteiger partial charge on any atom is 0.295 e. The van der Waals surface area contributed by atoms with Gasteiger partial charge in [0.25, 0.3) is 6.43 Å². The Bertz CT molecular complexity index is 1060. The standard InChI is InChI=1S/C24H31F2N5O3/c1-15(31-20-8-3-2-7-19(20)30-24(31)23(25)26)10-21(27)28-16-11-17(12-16)29-22(32)14-33-13-18-6-4-5-9-34-18/h2-3,7-8,10,16-18,23H,4-6,9,11-14H2,1H3,(H2,27,28)(H,29,32)/b15-10+. The van der Waals surface area contributed by atoms with Gasteiger partial charge >= 0.3 is 0 Å². The number of carbonyl (C=O) groups excluding carboxylic acids is 1. The Morgan fingerprint density at radius 3 is 2.91 bits per heavy atom. The molecule has 1 unspecified atom stereocenters. The highest BCUT2D eigenvalue weighted by Crippen LogP contribution is 2.28. The van der Waals surface area contributed by atoms with Gasteiger partial charge in [-0.2, -0.15) is 0 Å². The number of para-hydroxylation sites is 2. The predicted molar refractivity (Wildman–Crippen MR) is 126 cm³/mol. The molecule has 1 saturated heterocycles. The molecule has 4 rings (SSSR count). The lowest BCUT2D eigenvalue weighted by Crippen LogP contribution is -2.47. The van der Waals surface area contributed by atoms with Crippen molar-refractivity contribution in [3.05, 3.63) is 36.2 Å². The van der Waals surface area contributed by atoms with Crippen LogP contribution < -0.4 is 11.1 Å². The average Bonchev–Trinajstić information content (AvgIpc) is 3.18. The van der Waals surface area contributed by atoms with Crippen molar-refractivity contribution in [1.29, 1.82) is 0 Å². The molecule has 1 aromatic carbocycles. The van der Waals surface area contributed by atoms with Crippen molar-refractivity contribution in [3.8, 4) is 0 Å². The summed E-state index contributed by atoms with van der Waals surface area (Å²) in [5.74, 6) is -0.231. The predicted octanol–water partition coefficient (Wildman–Crippen LogP) is 3.42. The number of imidazole rings is 1. The first kappa shape index (κ1) is 24.3. The molecule has 0 radical (unpaired) electrons. The smallest absolute Gasteiger partial charge is 0.295 e. The molecule has 2 aliphatic rings. The summed E-state index contributed by atoms with van der Waals surface area (Å²) in [5.41, 5.74) is 7.67. The normalized spacial score (nSPS) is 23.8. The second-order valence-electron chi connectivity index (χ2n) is 8.83. The number of rotatable bonds is 9. The number of nitrogens with zero attached hydrogens (tertiary/aromatic N) is 3. The van der Waals surface area contributed by atoms with Crippen molar-refractivity contribution >= 4 is 28.5 Å². The third-order valence-corrected chi connectivity index (χ3v) is 6.11. The van der Waals surface area contributed by atoms with E-state index in [2.05, 4.69) is 15.3 Å². The van der Waals surface area contributed by atoms with E-state index in [1.807, 2.05) is 0 Å². The van der Waals surface area contributed by atoms with Crippen LogP contribution in [0, 0.1) is 0 Å². The van der Waals surface area contributed by atoms with Crippen molar-refractivity contribution in [1.82, 2.24) is 14.9 Å². The Kier molecular flexibility index (Phi) is 7.89. The molecule has 34 heavy (non-hydrogen) atoms. The second kappa shape index (κ2) is 11.1. The van der Waals surface area contributed by atoms with E-state index in [9.17, 15) is 13.6 Å². The lowest BCUT2D eigenvalue weighted by atomic mass is 9.87. The number of carbonyl (C=O) groups is 1. The van der Waals surface area contributed by atoms with Crippen LogP contribution in [0.25, 0.3) is 16.7 Å². The van der Waals surface area contributed by atoms with E-state index < -0.39 is 6.43 Å². The Morgan fingerprint density at radius 2 is 2.18 bits per heavy atom. The molecule has 2 aromatic rings. The SMILES string of the molecule is C/C(=C\C(N)=NC1CC(NC(=O)COCC2CCCCO2)C1)n1c(C(F)F)nc2ccccc21. The molecule has 1 aliphatic heterocycles. The van der Waals surface area contributed by atoms with E-state index in [1.54, 1.807) is 37.3 Å². The van der Waals surface area contributed by atoms with Gasteiger partial charge in [0.15, 0.2) is 5.82 Å². The number of ether oxygens (including phenoxy) is 2. The number of aliphatic imine (C=N–C) groups is 1. The lowest BCUT2D eigenvalue weighted by Gasteiger charge is -2.33. The molecule has 184 valence electrons. The number of allylic oxidation sites excluding steroid dienone is 1. The maximum atomic E-state index is 13.5. The Labute approximate surface area is 197 Å². The molecule has 10 heteroatoms. The number of hydrogen-bond acceptors (Lipinski definition) is 5. The van der Waals surface area contributed by atoms with Crippen molar-refractivity contribution in [3.63, 3.8) is 0 Å². The first-order valence-electron chi connectivity index (χ1n) is 11.7. The van der Waals surface area contributed by atoms with Gasteiger partial charge in [-0.05, 0) is 57.2 Å². The van der Waals surface area contributed by atoms with Crippen LogP contribution in [0.2, 0.25) is 0 Å². The monoisotopic (exact) mass is 475 g/mol. The zero-order valence-electron chi connectivity index (χ0n) is 19.3. The third kappa shape index (κ3) is 5.98. The molecule has 1 aliphatic carbocycles. The Morgan fingerprint density at radius 1 is 1.38 bits per heavy atom. The number of halogens is 2. The van der Waals surface area contributed by atoms with E-state index in [0.717, 1.165) is 25.9 Å². The molecule has 2 fully saturated rings. The minimum atomic E-state index is -2.72. The van der Waals surface area contributed by atoms with Crippen molar-refractivity contribution < 1.29 is 23.0 Å². The summed E-state index contributed by atoms with van der Waals surface area (Å²) >= 11 is 0. The molecule has 8 nitrogen and oxygen atoms in total. The van der Waals surface area contributed by atoms with E-state index in [1.165, 1.54) is 4.57 Å². The van der Waals surface area contributed by atoms with E-state index >= 15 is 0 Å². The summed E-state index contributed by atoms with van der Waals surface area (Å²) < 4.78 is 39.5. The Balaban J connectivity index is 1.27. The van der Waals surface area contributed by atoms with Crippen LogP contribution in [0.3, 0.4) is 0 Å². The highest BCUT2D eigenvalue weighted by Gasteiger charge is 2.30. The summed E-state index contributed by atoms with van der Waals surface area (Å²) in [6.45, 7) is 2.91. The number of nitrogens with two attached hydrogens (primary N) is 1. The van der Waals surface area contributed by atoms with E-state index in [4.69, 9.17) is 15.2 Å². The van der Waals surface area contributed by atoms with Gasteiger partial charge in [-0.25, -0.2) is 13.8 Å². The van der Waals surface area contributed by atoms with Gasteiger partial charge in [0.05, 0.1) is 29.8 Å². The van der Waals surface area contributed by atoms with Crippen LogP contribution in [0.5, 0.6) is 0 Å². The number of nitrogens with one attached hydrogen (secondary N) is 1. The summed E-state index contributed by atoms with van der Waals surface area (Å²) in [6, 6.07) is 6.96. The van der Waals surface area contributed by atoms with Crippen molar-refractivity contribution in [2.75, 3.05) is 19.8 Å². The number of amidine groups is 1. The highest BCUT2D eigenvalue weighted by atomic mass is 19.3. The minimum absolute atomic E-state index is 0.0136. The minimum Gasteiger partial charge on any atom is -0.384 e. The molecule has 1 saturated carbocycles. The fraction of sp³-hybridized carbons (Fsp3) is 0.542. The van der Waals surface area contributed by atoms with Crippen LogP contribution in [0.1, 0.15) is 51.3 Å². The average molecular weight is 476 g/mol. The van der Waals surface area contributed by atoms with Crippen molar-refractivity contribution in [2.24, 2.45) is 10.7 Å². The van der Waals surface area contributed by atoms with Gasteiger partial charge in [0.1, 0.15) is 12.4 Å². The quantitative estimate of drug-likeness (QED) is 0.427. The summed E-state index contributed by atoms with van der Waals surface area (Å²) in [7, 11) is 0. The fourth-order valence-electron chi connectivity index (χ4n) is 4.39. The maximum absolute atomic E-state index is 13.5. The van der Waals surface area contributed by atoms with Gasteiger partial charge in [-0.1, -0.05) is 12.1 Å². The largest absolute Gasteiger partial charge is 0.384 e. The van der Waals surface area contributed by atoms with Gasteiger partial charge in [-0.3, -0.25) is 14.4 Å². The molecular formula is C24H31F2N5O3. The van der Waals surface area contributed by atoms with Crippen molar-refractivity contribution in [2.45, 2.75) is 63.6 Å². The molecule has 1 atom stereocenters.